The highest BCUT2D eigenvalue weighted by molar-refractivity contribution is 7.90. The minimum absolute atomic E-state index is 0.00124. The number of hydrogen-bond acceptors (Lipinski definition) is 8. The molecule has 0 saturated heterocycles. The largest absolute Gasteiger partial charge is 0.289 e. The Morgan fingerprint density at radius 1 is 1.16 bits per heavy atom. The van der Waals surface area contributed by atoms with E-state index in [9.17, 15) is 18.0 Å². The van der Waals surface area contributed by atoms with Crippen LogP contribution in [0.3, 0.4) is 0 Å². The standard InChI is InChI=1S/C18H17ClN6O5S/c1-24(30-2)17(27)14-13(31(3,28)29)10-9-12(15(14)19)16(26)20-18-21-22-23-25(18)11-7-5-4-6-8-11/h4-10H,1-3H3,(H,20,21,23,26). The van der Waals surface area contributed by atoms with E-state index in [1.54, 1.807) is 24.3 Å². The minimum Gasteiger partial charge on any atom is -0.289 e. The summed E-state index contributed by atoms with van der Waals surface area (Å²) in [4.78, 5) is 30.1. The molecule has 0 aliphatic rings. The maximum Gasteiger partial charge on any atom is 0.280 e. The molecule has 0 aliphatic heterocycles. The van der Waals surface area contributed by atoms with Crippen LogP contribution < -0.4 is 5.32 Å². The SMILES string of the molecule is CON(C)C(=O)c1c(S(C)(=O)=O)ccc(C(=O)Nc2nnnn2-c2ccccc2)c1Cl. The molecule has 0 bridgehead atoms. The van der Waals surface area contributed by atoms with Gasteiger partial charge in [0.2, 0.25) is 0 Å². The molecule has 0 aliphatic carbocycles. The monoisotopic (exact) mass is 464 g/mol. The lowest BCUT2D eigenvalue weighted by molar-refractivity contribution is -0.0759. The van der Waals surface area contributed by atoms with E-state index in [0.29, 0.717) is 5.69 Å². The van der Waals surface area contributed by atoms with Crippen LogP contribution in [-0.4, -0.2) is 65.9 Å². The van der Waals surface area contributed by atoms with E-state index < -0.39 is 21.7 Å². The summed E-state index contributed by atoms with van der Waals surface area (Å²) in [7, 11) is -1.32. The van der Waals surface area contributed by atoms with Crippen LogP contribution in [0.2, 0.25) is 5.02 Å². The Hall–Kier alpha value is -3.35. The quantitative estimate of drug-likeness (QED) is 0.543. The fourth-order valence-corrected chi connectivity index (χ4v) is 3.92. The van der Waals surface area contributed by atoms with Crippen LogP contribution in [0.5, 0.6) is 0 Å². The Morgan fingerprint density at radius 3 is 2.45 bits per heavy atom. The van der Waals surface area contributed by atoms with E-state index in [0.717, 1.165) is 17.4 Å². The van der Waals surface area contributed by atoms with Crippen molar-refractivity contribution in [3.8, 4) is 5.69 Å². The maximum atomic E-state index is 12.9. The number of tetrazole rings is 1. The number of aromatic nitrogens is 4. The molecule has 162 valence electrons. The number of halogens is 1. The van der Waals surface area contributed by atoms with Crippen molar-refractivity contribution in [2.75, 3.05) is 25.7 Å². The predicted octanol–water partition coefficient (Wildman–Crippen LogP) is 1.60. The fraction of sp³-hybridized carbons (Fsp3) is 0.167. The van der Waals surface area contributed by atoms with E-state index in [-0.39, 0.29) is 27.0 Å². The number of rotatable bonds is 6. The number of carbonyl (C=O) groups excluding carboxylic acids is 2. The van der Waals surface area contributed by atoms with Crippen molar-refractivity contribution in [2.24, 2.45) is 0 Å². The number of carbonyl (C=O) groups is 2. The first-order valence-electron chi connectivity index (χ1n) is 8.65. The Kier molecular flexibility index (Phi) is 6.34. The Bertz CT molecular complexity index is 1250. The van der Waals surface area contributed by atoms with Crippen LogP contribution >= 0.6 is 11.6 Å². The lowest BCUT2D eigenvalue weighted by atomic mass is 10.1. The first kappa shape index (κ1) is 22.3. The zero-order valence-electron chi connectivity index (χ0n) is 16.6. The van der Waals surface area contributed by atoms with Gasteiger partial charge in [-0.25, -0.2) is 13.5 Å². The highest BCUT2D eigenvalue weighted by atomic mass is 35.5. The number of amides is 2. The molecule has 1 heterocycles. The van der Waals surface area contributed by atoms with Gasteiger partial charge < -0.3 is 0 Å². The molecule has 0 fully saturated rings. The molecule has 0 saturated carbocycles. The van der Waals surface area contributed by atoms with E-state index in [4.69, 9.17) is 16.4 Å². The fourth-order valence-electron chi connectivity index (χ4n) is 2.66. The van der Waals surface area contributed by atoms with Crippen molar-refractivity contribution in [1.82, 2.24) is 25.3 Å². The van der Waals surface area contributed by atoms with Gasteiger partial charge in [0.25, 0.3) is 17.8 Å². The highest BCUT2D eigenvalue weighted by Crippen LogP contribution is 2.30. The molecular formula is C18H17ClN6O5S. The Balaban J connectivity index is 2.04. The summed E-state index contributed by atoms with van der Waals surface area (Å²) in [5, 5.41) is 14.1. The van der Waals surface area contributed by atoms with Crippen molar-refractivity contribution in [2.45, 2.75) is 4.90 Å². The number of anilines is 1. The van der Waals surface area contributed by atoms with Crippen molar-refractivity contribution < 1.29 is 22.8 Å². The van der Waals surface area contributed by atoms with Gasteiger partial charge >= 0.3 is 0 Å². The van der Waals surface area contributed by atoms with Crippen LogP contribution in [0.15, 0.2) is 47.4 Å². The molecule has 31 heavy (non-hydrogen) atoms. The molecule has 0 spiro atoms. The first-order chi connectivity index (χ1) is 14.6. The molecule has 3 rings (SSSR count). The first-order valence-corrected chi connectivity index (χ1v) is 10.9. The average molecular weight is 465 g/mol. The van der Waals surface area contributed by atoms with Crippen molar-refractivity contribution in [1.29, 1.82) is 0 Å². The van der Waals surface area contributed by atoms with Gasteiger partial charge in [-0.3, -0.25) is 19.7 Å². The third-order valence-corrected chi connectivity index (χ3v) is 5.75. The van der Waals surface area contributed by atoms with Crippen molar-refractivity contribution >= 4 is 39.2 Å². The summed E-state index contributed by atoms with van der Waals surface area (Å²) in [6.45, 7) is 0. The molecule has 0 unspecified atom stereocenters. The molecule has 2 aromatic carbocycles. The van der Waals surface area contributed by atoms with Gasteiger partial charge in [-0.1, -0.05) is 34.9 Å². The number of hydrogen-bond donors (Lipinski definition) is 1. The van der Waals surface area contributed by atoms with E-state index in [1.807, 2.05) is 6.07 Å². The predicted molar refractivity (Wildman–Crippen MR) is 111 cm³/mol. The van der Waals surface area contributed by atoms with Crippen LogP contribution in [-0.2, 0) is 14.7 Å². The summed E-state index contributed by atoms with van der Waals surface area (Å²) in [5.41, 5.74) is 0.0623. The topological polar surface area (TPSA) is 136 Å². The van der Waals surface area contributed by atoms with Crippen molar-refractivity contribution in [3.05, 3.63) is 58.6 Å². The molecule has 0 radical (unpaired) electrons. The third-order valence-electron chi connectivity index (χ3n) is 4.22. The molecule has 1 N–H and O–H groups in total. The Morgan fingerprint density at radius 2 is 1.84 bits per heavy atom. The molecule has 3 aromatic rings. The average Bonchev–Trinajstić information content (AvgIpc) is 3.20. The molecule has 2 amide bonds. The zero-order chi connectivity index (χ0) is 22.8. The van der Waals surface area contributed by atoms with Gasteiger partial charge in [-0.05, 0) is 34.7 Å². The van der Waals surface area contributed by atoms with Gasteiger partial charge in [0.15, 0.2) is 9.84 Å². The number of nitrogens with one attached hydrogen (secondary N) is 1. The maximum absolute atomic E-state index is 12.9. The number of sulfone groups is 1. The van der Waals surface area contributed by atoms with Crippen LogP contribution in [0.1, 0.15) is 20.7 Å². The number of hydroxylamine groups is 2. The molecule has 13 heteroatoms. The van der Waals surface area contributed by atoms with Crippen LogP contribution in [0, 0.1) is 0 Å². The second-order valence-corrected chi connectivity index (χ2v) is 8.62. The minimum atomic E-state index is -3.83. The summed E-state index contributed by atoms with van der Waals surface area (Å²) in [6.07, 6.45) is 0.927. The van der Waals surface area contributed by atoms with Gasteiger partial charge in [0, 0.05) is 13.3 Å². The molecule has 11 nitrogen and oxygen atoms in total. The van der Waals surface area contributed by atoms with Gasteiger partial charge in [-0.2, -0.15) is 4.68 Å². The number of nitrogens with zero attached hydrogens (tertiary/aromatic N) is 5. The zero-order valence-corrected chi connectivity index (χ0v) is 18.2. The lowest BCUT2D eigenvalue weighted by Gasteiger charge is -2.18. The smallest absolute Gasteiger partial charge is 0.280 e. The van der Waals surface area contributed by atoms with Gasteiger partial charge in [0.1, 0.15) is 0 Å². The summed E-state index contributed by atoms with van der Waals surface area (Å²) < 4.78 is 25.6. The van der Waals surface area contributed by atoms with Crippen LogP contribution in [0.25, 0.3) is 5.69 Å². The van der Waals surface area contributed by atoms with Crippen LogP contribution in [0.4, 0.5) is 5.95 Å². The lowest BCUT2D eigenvalue weighted by Crippen LogP contribution is -2.28. The number of para-hydroxylation sites is 1. The summed E-state index contributed by atoms with van der Waals surface area (Å²) >= 11 is 6.32. The highest BCUT2D eigenvalue weighted by Gasteiger charge is 2.29. The van der Waals surface area contributed by atoms with E-state index in [2.05, 4.69) is 20.8 Å². The number of benzene rings is 2. The van der Waals surface area contributed by atoms with Crippen molar-refractivity contribution in [3.63, 3.8) is 0 Å². The molecular weight excluding hydrogens is 448 g/mol. The molecule has 0 atom stereocenters. The Labute approximate surface area is 182 Å². The normalized spacial score (nSPS) is 11.2. The van der Waals surface area contributed by atoms with Gasteiger partial charge in [0.05, 0.1) is 33.8 Å². The third kappa shape index (κ3) is 4.55. The summed E-state index contributed by atoms with van der Waals surface area (Å²) in [6, 6.07) is 11.2. The second-order valence-electron chi connectivity index (χ2n) is 6.26. The van der Waals surface area contributed by atoms with E-state index in [1.165, 1.54) is 24.9 Å². The second kappa shape index (κ2) is 8.79. The summed E-state index contributed by atoms with van der Waals surface area (Å²) in [5.74, 6) is -1.58. The molecule has 1 aromatic heterocycles. The van der Waals surface area contributed by atoms with E-state index >= 15 is 0 Å². The van der Waals surface area contributed by atoms with Gasteiger partial charge in [-0.15, -0.1) is 0 Å².